The van der Waals surface area contributed by atoms with Crippen LogP contribution >= 0.6 is 0 Å². The number of carbonyl (C=O) groups is 2. The number of benzene rings is 2. The molecule has 3 N–H and O–H groups in total. The highest BCUT2D eigenvalue weighted by Gasteiger charge is 2.19. The van der Waals surface area contributed by atoms with Crippen molar-refractivity contribution in [3.05, 3.63) is 70.9 Å². The number of hydrogen-bond acceptors (Lipinski definition) is 2. The zero-order valence-corrected chi connectivity index (χ0v) is 14.0. The van der Waals surface area contributed by atoms with Gasteiger partial charge in [-0.05, 0) is 37.1 Å². The van der Waals surface area contributed by atoms with Crippen molar-refractivity contribution in [2.24, 2.45) is 0 Å². The van der Waals surface area contributed by atoms with Crippen LogP contribution in [-0.2, 0) is 6.42 Å². The Kier molecular flexibility index (Phi) is 4.97. The molecule has 134 valence electrons. The normalized spacial score (nSPS) is 10.7. The summed E-state index contributed by atoms with van der Waals surface area (Å²) in [6.07, 6.45) is 0.547. The molecule has 0 bridgehead atoms. The quantitative estimate of drug-likeness (QED) is 0.669. The highest BCUT2D eigenvalue weighted by molar-refractivity contribution is 6.04. The van der Waals surface area contributed by atoms with E-state index in [1.54, 1.807) is 0 Å². The first-order valence-electron chi connectivity index (χ1n) is 8.06. The summed E-state index contributed by atoms with van der Waals surface area (Å²) < 4.78 is 27.1. The Morgan fingerprint density at radius 1 is 1.04 bits per heavy atom. The van der Waals surface area contributed by atoms with Crippen molar-refractivity contribution in [1.29, 1.82) is 0 Å². The monoisotopic (exact) mass is 357 g/mol. The number of aromatic nitrogens is 1. The van der Waals surface area contributed by atoms with Gasteiger partial charge < -0.3 is 10.3 Å². The molecule has 26 heavy (non-hydrogen) atoms. The number of halogens is 2. The van der Waals surface area contributed by atoms with Gasteiger partial charge in [-0.2, -0.15) is 0 Å². The van der Waals surface area contributed by atoms with Crippen molar-refractivity contribution in [1.82, 2.24) is 15.6 Å². The molecule has 5 nitrogen and oxygen atoms in total. The molecule has 1 heterocycles. The van der Waals surface area contributed by atoms with Gasteiger partial charge in [-0.25, -0.2) is 13.6 Å². The van der Waals surface area contributed by atoms with Crippen molar-refractivity contribution in [2.75, 3.05) is 6.54 Å². The third-order valence-electron chi connectivity index (χ3n) is 4.10. The Balaban J connectivity index is 1.59. The van der Waals surface area contributed by atoms with Gasteiger partial charge in [0, 0.05) is 23.1 Å². The third kappa shape index (κ3) is 3.56. The van der Waals surface area contributed by atoms with E-state index in [0.29, 0.717) is 6.42 Å². The van der Waals surface area contributed by atoms with Crippen LogP contribution in [0.2, 0.25) is 0 Å². The minimum atomic E-state index is -1.12. The van der Waals surface area contributed by atoms with E-state index in [-0.39, 0.29) is 6.54 Å². The number of urea groups is 1. The lowest BCUT2D eigenvalue weighted by atomic mass is 10.1. The summed E-state index contributed by atoms with van der Waals surface area (Å²) in [5, 5.41) is 5.52. The molecule has 0 aliphatic rings. The summed E-state index contributed by atoms with van der Waals surface area (Å²) in [6, 6.07) is 10.1. The van der Waals surface area contributed by atoms with E-state index in [0.717, 1.165) is 40.4 Å². The number of nitrogens with one attached hydrogen (secondary N) is 3. The number of aromatic amines is 1. The summed E-state index contributed by atoms with van der Waals surface area (Å²) in [5.74, 6) is -3.17. The average Bonchev–Trinajstić information content (AvgIpc) is 2.90. The Hall–Kier alpha value is -3.22. The fourth-order valence-electron chi connectivity index (χ4n) is 2.88. The Labute approximate surface area is 148 Å². The maximum Gasteiger partial charge on any atom is 0.321 e. The number of para-hydroxylation sites is 1. The first kappa shape index (κ1) is 17.6. The molecule has 1 aromatic heterocycles. The van der Waals surface area contributed by atoms with E-state index < -0.39 is 29.1 Å². The predicted octanol–water partition coefficient (Wildman–Crippen LogP) is 3.44. The number of H-pyrrole nitrogens is 1. The number of carbonyl (C=O) groups excluding carboxylic acids is 2. The van der Waals surface area contributed by atoms with Gasteiger partial charge in [0.15, 0.2) is 0 Å². The molecular weight excluding hydrogens is 340 g/mol. The summed E-state index contributed by atoms with van der Waals surface area (Å²) in [6.45, 7) is 2.21. The lowest BCUT2D eigenvalue weighted by Crippen LogP contribution is -2.40. The van der Waals surface area contributed by atoms with Crippen molar-refractivity contribution >= 4 is 22.8 Å². The fraction of sp³-hybridized carbons (Fsp3) is 0.158. The molecule has 3 rings (SSSR count). The number of rotatable bonds is 4. The van der Waals surface area contributed by atoms with Crippen molar-refractivity contribution < 1.29 is 18.4 Å². The van der Waals surface area contributed by atoms with Crippen LogP contribution in [0.25, 0.3) is 10.9 Å². The van der Waals surface area contributed by atoms with E-state index in [1.165, 1.54) is 0 Å². The van der Waals surface area contributed by atoms with Gasteiger partial charge in [0.1, 0.15) is 17.2 Å². The highest BCUT2D eigenvalue weighted by atomic mass is 19.1. The molecule has 0 fully saturated rings. The van der Waals surface area contributed by atoms with Gasteiger partial charge in [0.2, 0.25) is 0 Å². The molecule has 3 amide bonds. The second kappa shape index (κ2) is 7.35. The summed E-state index contributed by atoms with van der Waals surface area (Å²) in [7, 11) is 0. The maximum absolute atomic E-state index is 13.5. The molecule has 0 unspecified atom stereocenters. The molecule has 0 saturated heterocycles. The molecule has 3 aromatic rings. The summed E-state index contributed by atoms with van der Waals surface area (Å²) in [5.41, 5.74) is 2.29. The molecule has 2 aromatic carbocycles. The van der Waals surface area contributed by atoms with Gasteiger partial charge in [-0.15, -0.1) is 0 Å². The number of amides is 3. The minimum absolute atomic E-state index is 0.265. The van der Waals surface area contributed by atoms with Crippen LogP contribution in [0, 0.1) is 18.6 Å². The van der Waals surface area contributed by atoms with Crippen LogP contribution in [-0.4, -0.2) is 23.5 Å². The average molecular weight is 357 g/mol. The topological polar surface area (TPSA) is 74.0 Å². The lowest BCUT2D eigenvalue weighted by Gasteiger charge is -2.08. The van der Waals surface area contributed by atoms with Gasteiger partial charge in [0.05, 0.1) is 0 Å². The number of fused-ring (bicyclic) bond motifs is 1. The molecule has 0 atom stereocenters. The highest BCUT2D eigenvalue weighted by Crippen LogP contribution is 2.21. The maximum atomic E-state index is 13.5. The van der Waals surface area contributed by atoms with Gasteiger partial charge >= 0.3 is 6.03 Å². The van der Waals surface area contributed by atoms with E-state index in [4.69, 9.17) is 0 Å². The molecular formula is C19H17F2N3O2. The molecule has 0 saturated carbocycles. The van der Waals surface area contributed by atoms with Crippen molar-refractivity contribution in [3.8, 4) is 0 Å². The Morgan fingerprint density at radius 2 is 1.73 bits per heavy atom. The van der Waals surface area contributed by atoms with Crippen LogP contribution < -0.4 is 10.6 Å². The molecule has 0 aliphatic carbocycles. The zero-order chi connectivity index (χ0) is 18.7. The second-order valence-electron chi connectivity index (χ2n) is 5.83. The smallest absolute Gasteiger partial charge is 0.321 e. The minimum Gasteiger partial charge on any atom is -0.358 e. The number of hydrogen-bond donors (Lipinski definition) is 3. The largest absolute Gasteiger partial charge is 0.358 e. The van der Waals surface area contributed by atoms with Crippen LogP contribution in [0.4, 0.5) is 13.6 Å². The third-order valence-corrected chi connectivity index (χ3v) is 4.10. The summed E-state index contributed by atoms with van der Waals surface area (Å²) >= 11 is 0. The Bertz CT molecular complexity index is 962. The van der Waals surface area contributed by atoms with E-state index in [9.17, 15) is 18.4 Å². The molecule has 0 spiro atoms. The van der Waals surface area contributed by atoms with Gasteiger partial charge in [-0.3, -0.25) is 10.1 Å². The Morgan fingerprint density at radius 3 is 2.46 bits per heavy atom. The molecule has 0 aliphatic heterocycles. The zero-order valence-electron chi connectivity index (χ0n) is 14.0. The number of aryl methyl sites for hydroxylation is 1. The first-order chi connectivity index (χ1) is 12.5. The second-order valence-corrected chi connectivity index (χ2v) is 5.83. The van der Waals surface area contributed by atoms with Gasteiger partial charge in [-0.1, -0.05) is 24.3 Å². The SMILES string of the molecule is Cc1[nH]c2ccccc2c1CCNC(=O)NC(=O)c1c(F)cccc1F. The standard InChI is InChI=1S/C19H17F2N3O2/c1-11-12(13-5-2-3-8-16(13)23-11)9-10-22-19(26)24-18(25)17-14(20)6-4-7-15(17)21/h2-8,23H,9-10H2,1H3,(H2,22,24,25,26). The predicted molar refractivity (Wildman–Crippen MR) is 94.0 cm³/mol. The lowest BCUT2D eigenvalue weighted by molar-refractivity contribution is 0.0956. The van der Waals surface area contributed by atoms with Crippen molar-refractivity contribution in [3.63, 3.8) is 0 Å². The fourth-order valence-corrected chi connectivity index (χ4v) is 2.88. The van der Waals surface area contributed by atoms with Crippen LogP contribution in [0.15, 0.2) is 42.5 Å². The van der Waals surface area contributed by atoms with Crippen molar-refractivity contribution in [2.45, 2.75) is 13.3 Å². The summed E-state index contributed by atoms with van der Waals surface area (Å²) in [4.78, 5) is 27.0. The van der Waals surface area contributed by atoms with E-state index >= 15 is 0 Å². The van der Waals surface area contributed by atoms with E-state index in [2.05, 4.69) is 10.3 Å². The molecule has 7 heteroatoms. The van der Waals surface area contributed by atoms with Crippen LogP contribution in [0.5, 0.6) is 0 Å². The van der Waals surface area contributed by atoms with E-state index in [1.807, 2.05) is 36.5 Å². The van der Waals surface area contributed by atoms with Gasteiger partial charge in [0.25, 0.3) is 5.91 Å². The molecule has 0 radical (unpaired) electrons. The number of imide groups is 1. The first-order valence-corrected chi connectivity index (χ1v) is 8.06. The van der Waals surface area contributed by atoms with Crippen LogP contribution in [0.1, 0.15) is 21.6 Å². The van der Waals surface area contributed by atoms with Crippen LogP contribution in [0.3, 0.4) is 0 Å².